The second-order valence-electron chi connectivity index (χ2n) is 4.68. The van der Waals surface area contributed by atoms with Gasteiger partial charge in [-0.3, -0.25) is 4.79 Å². The number of benzene rings is 1. The molecule has 0 spiro atoms. The Bertz CT molecular complexity index is 607. The van der Waals surface area contributed by atoms with Gasteiger partial charge in [-0.05, 0) is 18.1 Å². The number of hydrogen-bond acceptors (Lipinski definition) is 2. The van der Waals surface area contributed by atoms with E-state index in [9.17, 15) is 18.0 Å². The van der Waals surface area contributed by atoms with Crippen LogP contribution in [-0.2, 0) is 11.2 Å². The number of alkyl halides is 3. The predicted molar refractivity (Wildman–Crippen MR) is 73.9 cm³/mol. The molecule has 1 aromatic carbocycles. The first-order valence-corrected chi connectivity index (χ1v) is 6.55. The topological polar surface area (TPSA) is 56.9 Å². The number of rotatable bonds is 6. The Morgan fingerprint density at radius 1 is 1.24 bits per heavy atom. The molecule has 0 bridgehead atoms. The first kappa shape index (κ1) is 15.4. The zero-order chi connectivity index (χ0) is 15.3. The van der Waals surface area contributed by atoms with Crippen molar-refractivity contribution in [3.05, 3.63) is 36.0 Å². The number of aromatic nitrogens is 1. The van der Waals surface area contributed by atoms with Crippen molar-refractivity contribution in [3.8, 4) is 0 Å². The third kappa shape index (κ3) is 4.78. The normalized spacial score (nSPS) is 11.8. The Morgan fingerprint density at radius 3 is 2.76 bits per heavy atom. The van der Waals surface area contributed by atoms with Crippen LogP contribution < -0.4 is 10.6 Å². The third-order valence-electron chi connectivity index (χ3n) is 3.00. The van der Waals surface area contributed by atoms with Gasteiger partial charge in [0.1, 0.15) is 0 Å². The van der Waals surface area contributed by atoms with Crippen LogP contribution in [0.5, 0.6) is 0 Å². The van der Waals surface area contributed by atoms with E-state index in [1.165, 1.54) is 0 Å². The maximum atomic E-state index is 11.9. The molecule has 0 aliphatic rings. The summed E-state index contributed by atoms with van der Waals surface area (Å²) in [6, 6.07) is 7.79. The van der Waals surface area contributed by atoms with Crippen LogP contribution in [0, 0.1) is 0 Å². The van der Waals surface area contributed by atoms with Crippen LogP contribution in [0.1, 0.15) is 5.56 Å². The molecule has 7 heteroatoms. The van der Waals surface area contributed by atoms with Crippen molar-refractivity contribution in [1.82, 2.24) is 15.6 Å². The van der Waals surface area contributed by atoms with Crippen LogP contribution in [0.4, 0.5) is 13.2 Å². The minimum absolute atomic E-state index is 0.340. The van der Waals surface area contributed by atoms with E-state index in [1.54, 1.807) is 0 Å². The standard InChI is InChI=1S/C14H16F3N3O/c15-14(16,17)9-18-8-13(21)19-6-5-10-7-20-12-4-2-1-3-11(10)12/h1-4,7,18,20H,5-6,8-9H2,(H,19,21). The predicted octanol–water partition coefficient (Wildman–Crippen LogP) is 1.98. The molecule has 1 heterocycles. The Hall–Kier alpha value is -2.02. The number of carbonyl (C=O) groups is 1. The van der Waals surface area contributed by atoms with E-state index in [0.717, 1.165) is 16.5 Å². The van der Waals surface area contributed by atoms with Gasteiger partial charge in [0.05, 0.1) is 13.1 Å². The molecule has 0 radical (unpaired) electrons. The molecule has 0 unspecified atom stereocenters. The van der Waals surface area contributed by atoms with Crippen molar-refractivity contribution >= 4 is 16.8 Å². The summed E-state index contributed by atoms with van der Waals surface area (Å²) in [5.41, 5.74) is 2.08. The number of halogens is 3. The lowest BCUT2D eigenvalue weighted by molar-refractivity contribution is -0.128. The lowest BCUT2D eigenvalue weighted by atomic mass is 10.1. The monoisotopic (exact) mass is 299 g/mol. The summed E-state index contributed by atoms with van der Waals surface area (Å²) in [5, 5.41) is 5.73. The molecule has 1 amide bonds. The summed E-state index contributed by atoms with van der Waals surface area (Å²) in [4.78, 5) is 14.5. The molecule has 0 saturated heterocycles. The van der Waals surface area contributed by atoms with Crippen LogP contribution in [0.3, 0.4) is 0 Å². The van der Waals surface area contributed by atoms with E-state index in [4.69, 9.17) is 0 Å². The van der Waals surface area contributed by atoms with Crippen LogP contribution in [0.15, 0.2) is 30.5 Å². The number of fused-ring (bicyclic) bond motifs is 1. The van der Waals surface area contributed by atoms with Crippen molar-refractivity contribution < 1.29 is 18.0 Å². The Labute approximate surface area is 119 Å². The van der Waals surface area contributed by atoms with E-state index >= 15 is 0 Å². The molecule has 1 aromatic heterocycles. The number of amides is 1. The molecule has 0 atom stereocenters. The molecule has 2 rings (SSSR count). The lowest BCUT2D eigenvalue weighted by Crippen LogP contribution is -2.38. The molecule has 4 nitrogen and oxygen atoms in total. The average Bonchev–Trinajstić information content (AvgIpc) is 2.81. The van der Waals surface area contributed by atoms with Crippen molar-refractivity contribution in [2.45, 2.75) is 12.6 Å². The van der Waals surface area contributed by atoms with Crippen molar-refractivity contribution in [2.24, 2.45) is 0 Å². The highest BCUT2D eigenvalue weighted by molar-refractivity contribution is 5.83. The van der Waals surface area contributed by atoms with Gasteiger partial charge in [0, 0.05) is 23.6 Å². The van der Waals surface area contributed by atoms with Crippen LogP contribution >= 0.6 is 0 Å². The SMILES string of the molecule is O=C(CNCC(F)(F)F)NCCc1c[nH]c2ccccc12. The van der Waals surface area contributed by atoms with Gasteiger partial charge in [0.25, 0.3) is 0 Å². The lowest BCUT2D eigenvalue weighted by Gasteiger charge is -2.08. The Kier molecular flexibility index (Phi) is 4.85. The molecule has 0 saturated carbocycles. The highest BCUT2D eigenvalue weighted by Gasteiger charge is 2.26. The molecule has 2 aromatic rings. The van der Waals surface area contributed by atoms with Crippen molar-refractivity contribution in [2.75, 3.05) is 19.6 Å². The Balaban J connectivity index is 1.73. The fourth-order valence-corrected chi connectivity index (χ4v) is 2.06. The van der Waals surface area contributed by atoms with Gasteiger partial charge in [0.15, 0.2) is 0 Å². The summed E-state index contributed by atoms with van der Waals surface area (Å²) in [6.45, 7) is -1.12. The third-order valence-corrected chi connectivity index (χ3v) is 3.00. The smallest absolute Gasteiger partial charge is 0.361 e. The minimum Gasteiger partial charge on any atom is -0.361 e. The first-order valence-electron chi connectivity index (χ1n) is 6.55. The Morgan fingerprint density at radius 2 is 2.00 bits per heavy atom. The molecule has 0 fully saturated rings. The second-order valence-corrected chi connectivity index (χ2v) is 4.68. The van der Waals surface area contributed by atoms with Crippen molar-refractivity contribution in [1.29, 1.82) is 0 Å². The van der Waals surface area contributed by atoms with E-state index in [-0.39, 0.29) is 6.54 Å². The van der Waals surface area contributed by atoms with E-state index in [2.05, 4.69) is 15.6 Å². The molecule has 0 aliphatic carbocycles. The zero-order valence-corrected chi connectivity index (χ0v) is 11.3. The number of para-hydroxylation sites is 1. The van der Waals surface area contributed by atoms with Gasteiger partial charge in [-0.2, -0.15) is 13.2 Å². The number of carbonyl (C=O) groups excluding carboxylic acids is 1. The van der Waals surface area contributed by atoms with E-state index < -0.39 is 18.6 Å². The summed E-state index contributed by atoms with van der Waals surface area (Å²) in [6.07, 6.45) is -1.81. The quantitative estimate of drug-likeness (QED) is 0.764. The van der Waals surface area contributed by atoms with Gasteiger partial charge < -0.3 is 15.6 Å². The average molecular weight is 299 g/mol. The highest BCUT2D eigenvalue weighted by Crippen LogP contribution is 2.17. The number of aromatic amines is 1. The summed E-state index contributed by atoms with van der Waals surface area (Å²) in [7, 11) is 0. The molecule has 3 N–H and O–H groups in total. The second kappa shape index (κ2) is 6.62. The maximum absolute atomic E-state index is 11.9. The minimum atomic E-state index is -4.30. The van der Waals surface area contributed by atoms with Crippen LogP contribution in [0.2, 0.25) is 0 Å². The molecular weight excluding hydrogens is 283 g/mol. The van der Waals surface area contributed by atoms with Gasteiger partial charge >= 0.3 is 6.18 Å². The van der Waals surface area contributed by atoms with Gasteiger partial charge in [-0.15, -0.1) is 0 Å². The fourth-order valence-electron chi connectivity index (χ4n) is 2.06. The van der Waals surface area contributed by atoms with Gasteiger partial charge in [0.2, 0.25) is 5.91 Å². The maximum Gasteiger partial charge on any atom is 0.401 e. The number of H-pyrrole nitrogens is 1. The number of nitrogens with one attached hydrogen (secondary N) is 3. The molecule has 21 heavy (non-hydrogen) atoms. The van der Waals surface area contributed by atoms with Crippen LogP contribution in [0.25, 0.3) is 10.9 Å². The van der Waals surface area contributed by atoms with Crippen LogP contribution in [-0.4, -0.2) is 36.7 Å². The zero-order valence-electron chi connectivity index (χ0n) is 11.3. The number of hydrogen-bond donors (Lipinski definition) is 3. The fraction of sp³-hybridized carbons (Fsp3) is 0.357. The van der Waals surface area contributed by atoms with Crippen molar-refractivity contribution in [3.63, 3.8) is 0 Å². The molecule has 114 valence electrons. The highest BCUT2D eigenvalue weighted by atomic mass is 19.4. The summed E-state index contributed by atoms with van der Waals surface area (Å²) < 4.78 is 35.7. The summed E-state index contributed by atoms with van der Waals surface area (Å²) >= 11 is 0. The summed E-state index contributed by atoms with van der Waals surface area (Å²) in [5.74, 6) is -0.445. The van der Waals surface area contributed by atoms with Gasteiger partial charge in [-0.25, -0.2) is 0 Å². The largest absolute Gasteiger partial charge is 0.401 e. The first-order chi connectivity index (χ1) is 9.96. The van der Waals surface area contributed by atoms with E-state index in [0.29, 0.717) is 13.0 Å². The van der Waals surface area contributed by atoms with Gasteiger partial charge in [-0.1, -0.05) is 18.2 Å². The van der Waals surface area contributed by atoms with E-state index in [1.807, 2.05) is 30.5 Å². The molecule has 0 aliphatic heterocycles. The molecular formula is C14H16F3N3O.